The summed E-state index contributed by atoms with van der Waals surface area (Å²) in [5, 5.41) is 3.28. The average Bonchev–Trinajstić information content (AvgIpc) is 2.77. The third kappa shape index (κ3) is 2.91. The molecule has 1 aromatic carbocycles. The monoisotopic (exact) mass is 292 g/mol. The van der Waals surface area contributed by atoms with Crippen molar-refractivity contribution in [2.24, 2.45) is 0 Å². The molecule has 0 fully saturated rings. The molecule has 1 heterocycles. The smallest absolute Gasteiger partial charge is 0.223 e. The summed E-state index contributed by atoms with van der Waals surface area (Å²) >= 11 is 1.43. The number of nitrogens with zero attached hydrogens (tertiary/aromatic N) is 1. The summed E-state index contributed by atoms with van der Waals surface area (Å²) in [6, 6.07) is 5.54. The van der Waals surface area contributed by atoms with Crippen LogP contribution in [-0.4, -0.2) is 25.1 Å². The van der Waals surface area contributed by atoms with Crippen LogP contribution in [0.3, 0.4) is 0 Å². The van der Waals surface area contributed by atoms with E-state index in [1.54, 1.807) is 14.2 Å². The van der Waals surface area contributed by atoms with Gasteiger partial charge < -0.3 is 14.8 Å². The van der Waals surface area contributed by atoms with Crippen LogP contribution in [0.4, 0.5) is 5.13 Å². The molecule has 2 rings (SSSR count). The molecule has 0 radical (unpaired) electrons. The molecular weight excluding hydrogens is 276 g/mol. The van der Waals surface area contributed by atoms with E-state index in [2.05, 4.69) is 10.3 Å². The van der Waals surface area contributed by atoms with Crippen LogP contribution < -0.4 is 14.8 Å². The van der Waals surface area contributed by atoms with Crippen molar-refractivity contribution >= 4 is 22.4 Å². The Hall–Kier alpha value is -2.08. The molecule has 5 nitrogen and oxygen atoms in total. The highest BCUT2D eigenvalue weighted by Crippen LogP contribution is 2.37. The summed E-state index contributed by atoms with van der Waals surface area (Å²) < 4.78 is 10.6. The molecule has 2 aromatic rings. The minimum absolute atomic E-state index is 0.136. The molecule has 0 aliphatic carbocycles. The van der Waals surface area contributed by atoms with Gasteiger partial charge in [-0.15, -0.1) is 11.3 Å². The molecule has 6 heteroatoms. The topological polar surface area (TPSA) is 60.5 Å². The molecule has 0 aliphatic rings. The van der Waals surface area contributed by atoms with Crippen molar-refractivity contribution in [2.75, 3.05) is 19.5 Å². The molecule has 0 atom stereocenters. The molecule has 20 heavy (non-hydrogen) atoms. The predicted molar refractivity (Wildman–Crippen MR) is 79.7 cm³/mol. The highest BCUT2D eigenvalue weighted by atomic mass is 32.1. The maximum Gasteiger partial charge on any atom is 0.223 e. The maximum absolute atomic E-state index is 11.1. The van der Waals surface area contributed by atoms with E-state index in [0.29, 0.717) is 10.9 Å². The van der Waals surface area contributed by atoms with Gasteiger partial charge >= 0.3 is 0 Å². The fraction of sp³-hybridized carbons (Fsp3) is 0.286. The van der Waals surface area contributed by atoms with Crippen molar-refractivity contribution in [3.05, 3.63) is 23.1 Å². The SMILES string of the molecule is COc1ccc(OC)c(-c2nc(NC(C)=O)sc2C)c1. The van der Waals surface area contributed by atoms with E-state index in [9.17, 15) is 4.79 Å². The fourth-order valence-corrected chi connectivity index (χ4v) is 2.72. The van der Waals surface area contributed by atoms with Gasteiger partial charge in [0.05, 0.1) is 19.9 Å². The van der Waals surface area contributed by atoms with Gasteiger partial charge in [0.2, 0.25) is 5.91 Å². The number of nitrogens with one attached hydrogen (secondary N) is 1. The van der Waals surface area contributed by atoms with Gasteiger partial charge in [-0.05, 0) is 25.1 Å². The zero-order chi connectivity index (χ0) is 14.7. The molecule has 1 N–H and O–H groups in total. The van der Waals surface area contributed by atoms with E-state index in [4.69, 9.17) is 9.47 Å². The summed E-state index contributed by atoms with van der Waals surface area (Å²) in [5.41, 5.74) is 1.63. The summed E-state index contributed by atoms with van der Waals surface area (Å²) in [7, 11) is 3.23. The number of methoxy groups -OCH3 is 2. The Labute approximate surface area is 121 Å². The number of benzene rings is 1. The first-order valence-corrected chi connectivity index (χ1v) is 6.84. The standard InChI is InChI=1S/C14H16N2O3S/c1-8-13(16-14(20-8)15-9(2)17)11-7-10(18-3)5-6-12(11)19-4/h5-7H,1-4H3,(H,15,16,17). The number of carbonyl (C=O) groups is 1. The van der Waals surface area contributed by atoms with Gasteiger partial charge in [0.1, 0.15) is 11.5 Å². The number of thiazole rings is 1. The number of hydrogen-bond donors (Lipinski definition) is 1. The number of carbonyl (C=O) groups excluding carboxylic acids is 1. The van der Waals surface area contributed by atoms with Gasteiger partial charge in [0.25, 0.3) is 0 Å². The van der Waals surface area contributed by atoms with Gasteiger partial charge in [-0.3, -0.25) is 4.79 Å². The minimum atomic E-state index is -0.136. The van der Waals surface area contributed by atoms with Crippen molar-refractivity contribution in [1.82, 2.24) is 4.98 Å². The van der Waals surface area contributed by atoms with Crippen molar-refractivity contribution in [1.29, 1.82) is 0 Å². The quantitative estimate of drug-likeness (QED) is 0.940. The Balaban J connectivity index is 2.49. The van der Waals surface area contributed by atoms with E-state index in [0.717, 1.165) is 21.9 Å². The lowest BCUT2D eigenvalue weighted by Gasteiger charge is -2.09. The van der Waals surface area contributed by atoms with Crippen molar-refractivity contribution in [3.8, 4) is 22.8 Å². The number of amides is 1. The Morgan fingerprint density at radius 1 is 1.30 bits per heavy atom. The summed E-state index contributed by atoms with van der Waals surface area (Å²) in [6.45, 7) is 3.42. The Bertz CT molecular complexity index is 637. The maximum atomic E-state index is 11.1. The van der Waals surface area contributed by atoms with Crippen LogP contribution >= 0.6 is 11.3 Å². The summed E-state index contributed by atoms with van der Waals surface area (Å²) in [4.78, 5) is 16.6. The number of ether oxygens (including phenoxy) is 2. The second-order valence-electron chi connectivity index (χ2n) is 4.17. The van der Waals surface area contributed by atoms with E-state index in [1.165, 1.54) is 18.3 Å². The van der Waals surface area contributed by atoms with Crippen LogP contribution in [0.5, 0.6) is 11.5 Å². The van der Waals surface area contributed by atoms with Crippen molar-refractivity contribution in [2.45, 2.75) is 13.8 Å². The normalized spacial score (nSPS) is 10.2. The Morgan fingerprint density at radius 2 is 2.05 bits per heavy atom. The lowest BCUT2D eigenvalue weighted by molar-refractivity contribution is -0.114. The largest absolute Gasteiger partial charge is 0.497 e. The fourth-order valence-electron chi connectivity index (χ4n) is 1.85. The molecule has 0 saturated heterocycles. The van der Waals surface area contributed by atoms with Crippen molar-refractivity contribution < 1.29 is 14.3 Å². The number of hydrogen-bond acceptors (Lipinski definition) is 5. The molecule has 106 valence electrons. The second kappa shape index (κ2) is 5.92. The van der Waals surface area contributed by atoms with Crippen LogP contribution in [0.2, 0.25) is 0 Å². The molecule has 1 amide bonds. The lowest BCUT2D eigenvalue weighted by atomic mass is 10.1. The Kier molecular flexibility index (Phi) is 4.24. The zero-order valence-corrected chi connectivity index (χ0v) is 12.6. The number of aromatic nitrogens is 1. The molecule has 0 unspecified atom stereocenters. The van der Waals surface area contributed by atoms with Gasteiger partial charge in [0, 0.05) is 17.4 Å². The van der Waals surface area contributed by atoms with Gasteiger partial charge in [-0.25, -0.2) is 4.98 Å². The van der Waals surface area contributed by atoms with E-state index in [1.807, 2.05) is 25.1 Å². The molecule has 0 spiro atoms. The van der Waals surface area contributed by atoms with Crippen LogP contribution in [-0.2, 0) is 4.79 Å². The molecule has 0 saturated carbocycles. The van der Waals surface area contributed by atoms with E-state index >= 15 is 0 Å². The minimum Gasteiger partial charge on any atom is -0.497 e. The number of rotatable bonds is 4. The van der Waals surface area contributed by atoms with E-state index in [-0.39, 0.29) is 5.91 Å². The third-order valence-corrected chi connectivity index (χ3v) is 3.63. The second-order valence-corrected chi connectivity index (χ2v) is 5.37. The number of anilines is 1. The highest BCUT2D eigenvalue weighted by Gasteiger charge is 2.15. The zero-order valence-electron chi connectivity index (χ0n) is 11.8. The van der Waals surface area contributed by atoms with Crippen LogP contribution in [0.25, 0.3) is 11.3 Å². The first-order chi connectivity index (χ1) is 9.55. The summed E-state index contributed by atoms with van der Waals surface area (Å²) in [6.07, 6.45) is 0. The average molecular weight is 292 g/mol. The highest BCUT2D eigenvalue weighted by molar-refractivity contribution is 7.16. The van der Waals surface area contributed by atoms with E-state index < -0.39 is 0 Å². The van der Waals surface area contributed by atoms with Gasteiger partial charge in [-0.1, -0.05) is 0 Å². The lowest BCUT2D eigenvalue weighted by Crippen LogP contribution is -2.05. The molecule has 0 aliphatic heterocycles. The van der Waals surface area contributed by atoms with Crippen LogP contribution in [0.1, 0.15) is 11.8 Å². The first kappa shape index (κ1) is 14.3. The summed E-state index contributed by atoms with van der Waals surface area (Å²) in [5.74, 6) is 1.31. The Morgan fingerprint density at radius 3 is 2.65 bits per heavy atom. The first-order valence-electron chi connectivity index (χ1n) is 6.02. The number of aryl methyl sites for hydroxylation is 1. The van der Waals surface area contributed by atoms with Gasteiger partial charge in [0.15, 0.2) is 5.13 Å². The van der Waals surface area contributed by atoms with Crippen LogP contribution in [0.15, 0.2) is 18.2 Å². The predicted octanol–water partition coefficient (Wildman–Crippen LogP) is 3.09. The van der Waals surface area contributed by atoms with Crippen molar-refractivity contribution in [3.63, 3.8) is 0 Å². The molecular formula is C14H16N2O3S. The molecule has 0 bridgehead atoms. The van der Waals surface area contributed by atoms with Crippen LogP contribution in [0, 0.1) is 6.92 Å². The van der Waals surface area contributed by atoms with Gasteiger partial charge in [-0.2, -0.15) is 0 Å². The molecule has 1 aromatic heterocycles. The third-order valence-electron chi connectivity index (χ3n) is 2.74.